The third-order valence-corrected chi connectivity index (χ3v) is 3.75. The number of carbonyl (C=O) groups excluding carboxylic acids is 2. The number of ether oxygens (including phenoxy) is 2. The summed E-state index contributed by atoms with van der Waals surface area (Å²) in [6, 6.07) is 0. The molecule has 0 aromatic rings. The molecule has 0 aliphatic heterocycles. The lowest BCUT2D eigenvalue weighted by Crippen LogP contribution is -2.15. The van der Waals surface area contributed by atoms with Crippen molar-refractivity contribution < 1.29 is 38.9 Å². The summed E-state index contributed by atoms with van der Waals surface area (Å²) < 4.78 is 8.94. The van der Waals surface area contributed by atoms with Gasteiger partial charge in [-0.15, -0.1) is 0 Å². The average Bonchev–Trinajstić information content (AvgIpc) is 2.58. The highest BCUT2D eigenvalue weighted by Crippen LogP contribution is 2.28. The lowest BCUT2D eigenvalue weighted by molar-refractivity contribution is -0.141. The van der Waals surface area contributed by atoms with E-state index in [-0.39, 0.29) is 30.2 Å². The first-order valence-corrected chi connectivity index (χ1v) is 8.61. The van der Waals surface area contributed by atoms with Crippen molar-refractivity contribution in [2.45, 2.75) is 71.6 Å². The third kappa shape index (κ3) is 19.9. The van der Waals surface area contributed by atoms with Crippen LogP contribution in [0, 0.1) is 5.41 Å². The molecule has 0 amide bonds. The fourth-order valence-corrected chi connectivity index (χ4v) is 1.94. The van der Waals surface area contributed by atoms with E-state index in [1.165, 1.54) is 14.2 Å². The molecule has 0 saturated carbocycles. The zero-order valence-corrected chi connectivity index (χ0v) is 16.2. The number of carbonyl (C=O) groups is 4. The van der Waals surface area contributed by atoms with Crippen molar-refractivity contribution in [2.24, 2.45) is 5.41 Å². The molecule has 0 aliphatic carbocycles. The SMILES string of the molecule is CC(C)(CCC(=O)O)CCC(=O)O.COC(=O)CCCCCC(=O)OC. The number of hydrogen-bond acceptors (Lipinski definition) is 6. The van der Waals surface area contributed by atoms with E-state index in [1.54, 1.807) is 0 Å². The highest BCUT2D eigenvalue weighted by Gasteiger charge is 2.20. The summed E-state index contributed by atoms with van der Waals surface area (Å²) in [6.07, 6.45) is 4.50. The van der Waals surface area contributed by atoms with Crippen molar-refractivity contribution in [3.63, 3.8) is 0 Å². The molecule has 8 nitrogen and oxygen atoms in total. The molecule has 0 atom stereocenters. The number of aliphatic carboxylic acids is 2. The van der Waals surface area contributed by atoms with E-state index < -0.39 is 11.9 Å². The molecule has 8 heteroatoms. The van der Waals surface area contributed by atoms with E-state index in [0.29, 0.717) is 25.7 Å². The molecule has 0 rings (SSSR count). The first-order valence-electron chi connectivity index (χ1n) is 8.61. The number of hydrogen-bond donors (Lipinski definition) is 2. The Bertz CT molecular complexity index is 404. The zero-order chi connectivity index (χ0) is 20.6. The molecular weight excluding hydrogens is 344 g/mol. The molecule has 0 radical (unpaired) electrons. The lowest BCUT2D eigenvalue weighted by Gasteiger charge is -2.22. The van der Waals surface area contributed by atoms with Gasteiger partial charge in [0.2, 0.25) is 0 Å². The fourth-order valence-electron chi connectivity index (χ4n) is 1.94. The molecule has 2 N–H and O–H groups in total. The minimum atomic E-state index is -0.830. The van der Waals surface area contributed by atoms with Gasteiger partial charge in [-0.05, 0) is 31.1 Å². The topological polar surface area (TPSA) is 127 Å². The molecule has 0 saturated heterocycles. The van der Waals surface area contributed by atoms with Crippen LogP contribution in [-0.2, 0) is 28.7 Å². The Labute approximate surface area is 154 Å². The maximum atomic E-state index is 10.7. The molecule has 0 unspecified atom stereocenters. The quantitative estimate of drug-likeness (QED) is 0.393. The summed E-state index contributed by atoms with van der Waals surface area (Å²) in [5, 5.41) is 16.9. The second-order valence-electron chi connectivity index (χ2n) is 6.66. The molecule has 0 aromatic carbocycles. The second-order valence-corrected chi connectivity index (χ2v) is 6.66. The number of rotatable bonds is 12. The number of methoxy groups -OCH3 is 2. The predicted octanol–water partition coefficient (Wildman–Crippen LogP) is 3.03. The second kappa shape index (κ2) is 15.2. The maximum absolute atomic E-state index is 10.7. The van der Waals surface area contributed by atoms with Crippen LogP contribution in [0.15, 0.2) is 0 Å². The molecule has 26 heavy (non-hydrogen) atoms. The van der Waals surface area contributed by atoms with Crippen LogP contribution >= 0.6 is 0 Å². The van der Waals surface area contributed by atoms with Gasteiger partial charge in [-0.3, -0.25) is 19.2 Å². The van der Waals surface area contributed by atoms with Crippen molar-refractivity contribution in [3.05, 3.63) is 0 Å². The smallest absolute Gasteiger partial charge is 0.305 e. The van der Waals surface area contributed by atoms with Crippen LogP contribution in [0.4, 0.5) is 0 Å². The molecule has 0 aromatic heterocycles. The van der Waals surface area contributed by atoms with Crippen molar-refractivity contribution >= 4 is 23.9 Å². The van der Waals surface area contributed by atoms with E-state index in [9.17, 15) is 19.2 Å². The number of carboxylic acid groups (broad SMARTS) is 2. The Morgan fingerprint density at radius 2 is 1.04 bits per heavy atom. The zero-order valence-electron chi connectivity index (χ0n) is 16.2. The Balaban J connectivity index is 0. The first kappa shape index (κ1) is 26.1. The van der Waals surface area contributed by atoms with Gasteiger partial charge in [-0.25, -0.2) is 0 Å². The van der Waals surface area contributed by atoms with Gasteiger partial charge in [0.05, 0.1) is 14.2 Å². The van der Waals surface area contributed by atoms with Gasteiger partial charge in [0.1, 0.15) is 0 Å². The molecule has 0 aliphatic rings. The van der Waals surface area contributed by atoms with Gasteiger partial charge < -0.3 is 19.7 Å². The van der Waals surface area contributed by atoms with Gasteiger partial charge >= 0.3 is 23.9 Å². The third-order valence-electron chi connectivity index (χ3n) is 3.75. The normalized spacial score (nSPS) is 10.3. The Kier molecular flexibility index (Phi) is 15.2. The average molecular weight is 376 g/mol. The van der Waals surface area contributed by atoms with Crippen LogP contribution in [0.3, 0.4) is 0 Å². The number of esters is 2. The highest BCUT2D eigenvalue weighted by molar-refractivity contribution is 5.69. The summed E-state index contributed by atoms with van der Waals surface area (Å²) >= 11 is 0. The molecular formula is C18H32O8. The summed E-state index contributed by atoms with van der Waals surface area (Å²) in [5.41, 5.74) is -0.198. The van der Waals surface area contributed by atoms with Gasteiger partial charge in [0.25, 0.3) is 0 Å². The highest BCUT2D eigenvalue weighted by atomic mass is 16.5. The van der Waals surface area contributed by atoms with E-state index in [4.69, 9.17) is 10.2 Å². The van der Waals surface area contributed by atoms with Crippen LogP contribution in [0.1, 0.15) is 71.6 Å². The van der Waals surface area contributed by atoms with Crippen LogP contribution < -0.4 is 0 Å². The van der Waals surface area contributed by atoms with Crippen LogP contribution in [0.25, 0.3) is 0 Å². The minimum Gasteiger partial charge on any atom is -0.481 e. The predicted molar refractivity (Wildman–Crippen MR) is 94.6 cm³/mol. The maximum Gasteiger partial charge on any atom is 0.305 e. The van der Waals surface area contributed by atoms with Crippen LogP contribution in [0.2, 0.25) is 0 Å². The summed E-state index contributed by atoms with van der Waals surface area (Å²) in [6.45, 7) is 3.78. The van der Waals surface area contributed by atoms with Gasteiger partial charge in [-0.2, -0.15) is 0 Å². The van der Waals surface area contributed by atoms with E-state index in [1.807, 2.05) is 13.8 Å². The van der Waals surface area contributed by atoms with Gasteiger partial charge in [0, 0.05) is 25.7 Å². The number of unbranched alkanes of at least 4 members (excludes halogenated alkanes) is 2. The van der Waals surface area contributed by atoms with Crippen molar-refractivity contribution in [3.8, 4) is 0 Å². The van der Waals surface area contributed by atoms with Gasteiger partial charge in [-0.1, -0.05) is 20.3 Å². The van der Waals surface area contributed by atoms with E-state index in [2.05, 4.69) is 9.47 Å². The van der Waals surface area contributed by atoms with E-state index >= 15 is 0 Å². The van der Waals surface area contributed by atoms with E-state index in [0.717, 1.165) is 19.3 Å². The Morgan fingerprint density at radius 1 is 0.692 bits per heavy atom. The standard InChI is InChI=1S/2C9H16O4/c1-9(2,5-3-7(10)11)6-4-8(12)13;1-12-8(10)6-4-3-5-7-9(11)13-2/h3-6H2,1-2H3,(H,10,11)(H,12,13);3-7H2,1-2H3. The molecule has 0 fully saturated rings. The molecule has 0 heterocycles. The minimum absolute atomic E-state index is 0.104. The lowest BCUT2D eigenvalue weighted by atomic mass is 9.83. The van der Waals surface area contributed by atoms with Crippen molar-refractivity contribution in [1.82, 2.24) is 0 Å². The summed E-state index contributed by atoms with van der Waals surface area (Å²) in [5.74, 6) is -2.05. The van der Waals surface area contributed by atoms with Crippen molar-refractivity contribution in [2.75, 3.05) is 14.2 Å². The van der Waals surface area contributed by atoms with Crippen molar-refractivity contribution in [1.29, 1.82) is 0 Å². The Hall–Kier alpha value is -2.12. The van der Waals surface area contributed by atoms with Crippen LogP contribution in [-0.4, -0.2) is 48.3 Å². The van der Waals surface area contributed by atoms with Crippen LogP contribution in [0.5, 0.6) is 0 Å². The number of carboxylic acids is 2. The molecule has 0 bridgehead atoms. The fraction of sp³-hybridized carbons (Fsp3) is 0.778. The first-order chi connectivity index (χ1) is 12.0. The van der Waals surface area contributed by atoms with Gasteiger partial charge in [0.15, 0.2) is 0 Å². The summed E-state index contributed by atoms with van der Waals surface area (Å²) in [7, 11) is 2.74. The molecule has 152 valence electrons. The molecule has 0 spiro atoms. The Morgan fingerprint density at radius 3 is 1.31 bits per heavy atom. The monoisotopic (exact) mass is 376 g/mol. The largest absolute Gasteiger partial charge is 0.481 e. The summed E-state index contributed by atoms with van der Waals surface area (Å²) in [4.78, 5) is 41.8.